The second-order valence-electron chi connectivity index (χ2n) is 8.59. The average Bonchev–Trinajstić information content (AvgIpc) is 3.31. The van der Waals surface area contributed by atoms with Crippen LogP contribution in [0.3, 0.4) is 0 Å². The number of amides is 2. The summed E-state index contributed by atoms with van der Waals surface area (Å²) in [6.45, 7) is 5.70. The van der Waals surface area contributed by atoms with Crippen molar-refractivity contribution in [3.8, 4) is 5.75 Å². The number of hydrogen-bond acceptors (Lipinski definition) is 7. The second-order valence-corrected chi connectivity index (χ2v) is 10.1. The first-order valence-corrected chi connectivity index (χ1v) is 13.3. The van der Waals surface area contributed by atoms with Gasteiger partial charge in [-0.3, -0.25) is 4.90 Å². The van der Waals surface area contributed by atoms with Crippen molar-refractivity contribution in [1.82, 2.24) is 9.88 Å². The molecule has 0 unspecified atom stereocenters. The third-order valence-electron chi connectivity index (χ3n) is 5.88. The van der Waals surface area contributed by atoms with Gasteiger partial charge in [0.15, 0.2) is 5.13 Å². The summed E-state index contributed by atoms with van der Waals surface area (Å²) in [5.41, 5.74) is 3.35. The molecule has 8 nitrogen and oxygen atoms in total. The van der Waals surface area contributed by atoms with Crippen molar-refractivity contribution in [3.63, 3.8) is 0 Å². The number of carbonyl (C=O) groups is 1. The number of nitrogens with zero attached hydrogens (tertiary/aromatic N) is 2. The zero-order chi connectivity index (χ0) is 25.5. The SMILES string of the molecule is O=C(Nc1ccc(CNc2nc3ccc(OCCN4CCOCC4)cc3s2)cc1)Nc1cccc(Cl)c1. The Bertz CT molecular complexity index is 1340. The number of carbonyl (C=O) groups excluding carboxylic acids is 1. The van der Waals surface area contributed by atoms with Crippen molar-refractivity contribution in [2.24, 2.45) is 0 Å². The van der Waals surface area contributed by atoms with E-state index in [4.69, 9.17) is 21.1 Å². The summed E-state index contributed by atoms with van der Waals surface area (Å²) in [7, 11) is 0. The average molecular weight is 538 g/mol. The van der Waals surface area contributed by atoms with Crippen LogP contribution in [0, 0.1) is 0 Å². The van der Waals surface area contributed by atoms with Crippen LogP contribution in [0.5, 0.6) is 5.75 Å². The molecule has 192 valence electrons. The molecule has 3 N–H and O–H groups in total. The van der Waals surface area contributed by atoms with E-state index >= 15 is 0 Å². The van der Waals surface area contributed by atoms with Gasteiger partial charge in [-0.05, 0) is 54.1 Å². The summed E-state index contributed by atoms with van der Waals surface area (Å²) in [6, 6.07) is 20.4. The van der Waals surface area contributed by atoms with Gasteiger partial charge in [-0.25, -0.2) is 9.78 Å². The zero-order valence-electron chi connectivity index (χ0n) is 20.2. The minimum Gasteiger partial charge on any atom is -0.492 e. The quantitative estimate of drug-likeness (QED) is 0.246. The van der Waals surface area contributed by atoms with E-state index in [-0.39, 0.29) is 6.03 Å². The molecule has 4 aromatic rings. The van der Waals surface area contributed by atoms with Crippen molar-refractivity contribution >= 4 is 55.7 Å². The fraction of sp³-hybridized carbons (Fsp3) is 0.259. The predicted molar refractivity (Wildman–Crippen MR) is 150 cm³/mol. The Kier molecular flexibility index (Phi) is 8.37. The van der Waals surface area contributed by atoms with Crippen molar-refractivity contribution in [3.05, 3.63) is 77.3 Å². The van der Waals surface area contributed by atoms with Gasteiger partial charge in [0.1, 0.15) is 12.4 Å². The van der Waals surface area contributed by atoms with Crippen molar-refractivity contribution < 1.29 is 14.3 Å². The normalized spacial score (nSPS) is 13.9. The maximum absolute atomic E-state index is 12.2. The van der Waals surface area contributed by atoms with Gasteiger partial charge in [-0.15, -0.1) is 0 Å². The van der Waals surface area contributed by atoms with Gasteiger partial charge < -0.3 is 25.4 Å². The van der Waals surface area contributed by atoms with Gasteiger partial charge in [0.2, 0.25) is 0 Å². The zero-order valence-corrected chi connectivity index (χ0v) is 21.8. The number of anilines is 3. The molecule has 0 aliphatic carbocycles. The fourth-order valence-corrected chi connectivity index (χ4v) is 5.01. The Morgan fingerprint density at radius 3 is 2.65 bits per heavy atom. The molecule has 1 fully saturated rings. The Labute approximate surface area is 224 Å². The lowest BCUT2D eigenvalue weighted by molar-refractivity contribution is 0.0322. The van der Waals surface area contributed by atoms with Crippen LogP contribution in [-0.2, 0) is 11.3 Å². The minimum absolute atomic E-state index is 0.327. The molecular formula is C27H28ClN5O3S. The highest BCUT2D eigenvalue weighted by atomic mass is 35.5. The second kappa shape index (κ2) is 12.2. The number of aromatic nitrogens is 1. The van der Waals surface area contributed by atoms with Gasteiger partial charge in [0, 0.05) is 42.6 Å². The van der Waals surface area contributed by atoms with Gasteiger partial charge in [-0.1, -0.05) is 41.1 Å². The number of halogens is 1. The van der Waals surface area contributed by atoms with E-state index in [9.17, 15) is 4.79 Å². The van der Waals surface area contributed by atoms with Crippen molar-refractivity contribution in [1.29, 1.82) is 0 Å². The standard InChI is InChI=1S/C27H28ClN5O3S/c28-20-2-1-3-22(16-20)31-26(34)30-21-6-4-19(5-7-21)18-29-27-32-24-9-8-23(17-25(24)37-27)36-15-12-33-10-13-35-14-11-33/h1-9,16-17H,10-15,18H2,(H,29,32)(H2,30,31,34). The van der Waals surface area contributed by atoms with E-state index < -0.39 is 0 Å². The van der Waals surface area contributed by atoms with E-state index in [0.717, 1.165) is 59.5 Å². The summed E-state index contributed by atoms with van der Waals surface area (Å²) in [5, 5.41) is 10.4. The lowest BCUT2D eigenvalue weighted by atomic mass is 10.2. The molecule has 1 aliphatic heterocycles. The first-order valence-electron chi connectivity index (χ1n) is 12.1. The maximum Gasteiger partial charge on any atom is 0.323 e. The lowest BCUT2D eigenvalue weighted by Crippen LogP contribution is -2.38. The Balaban J connectivity index is 1.10. The molecule has 37 heavy (non-hydrogen) atoms. The van der Waals surface area contributed by atoms with Crippen molar-refractivity contribution in [2.75, 3.05) is 55.4 Å². The highest BCUT2D eigenvalue weighted by molar-refractivity contribution is 7.22. The number of ether oxygens (including phenoxy) is 2. The van der Waals surface area contributed by atoms with Gasteiger partial charge in [-0.2, -0.15) is 0 Å². The number of rotatable bonds is 9. The topological polar surface area (TPSA) is 87.8 Å². The minimum atomic E-state index is -0.327. The van der Waals surface area contributed by atoms with Gasteiger partial charge in [0.25, 0.3) is 0 Å². The highest BCUT2D eigenvalue weighted by Gasteiger charge is 2.11. The van der Waals surface area contributed by atoms with Crippen LogP contribution >= 0.6 is 22.9 Å². The van der Waals surface area contributed by atoms with E-state index in [2.05, 4.69) is 25.8 Å². The Morgan fingerprint density at radius 1 is 1.03 bits per heavy atom. The van der Waals surface area contributed by atoms with Crippen LogP contribution in [0.15, 0.2) is 66.7 Å². The summed E-state index contributed by atoms with van der Waals surface area (Å²) in [4.78, 5) is 19.3. The van der Waals surface area contributed by atoms with E-state index in [1.54, 1.807) is 35.6 Å². The van der Waals surface area contributed by atoms with Crippen molar-refractivity contribution in [2.45, 2.75) is 6.54 Å². The number of fused-ring (bicyclic) bond motifs is 1. The molecule has 0 radical (unpaired) electrons. The molecule has 3 aromatic carbocycles. The van der Waals surface area contributed by atoms with Crippen LogP contribution in [0.1, 0.15) is 5.56 Å². The van der Waals surface area contributed by atoms with E-state index in [1.165, 1.54) is 0 Å². The molecule has 1 aliphatic rings. The molecule has 2 amide bonds. The van der Waals surface area contributed by atoms with Crippen LogP contribution in [-0.4, -0.2) is 55.4 Å². The molecular weight excluding hydrogens is 510 g/mol. The Hall–Kier alpha value is -3.37. The van der Waals surface area contributed by atoms with E-state index in [1.807, 2.05) is 42.5 Å². The third kappa shape index (κ3) is 7.33. The fourth-order valence-electron chi connectivity index (χ4n) is 3.93. The maximum atomic E-state index is 12.2. The number of nitrogens with one attached hydrogen (secondary N) is 3. The van der Waals surface area contributed by atoms with Crippen LogP contribution in [0.25, 0.3) is 10.2 Å². The molecule has 0 spiro atoms. The third-order valence-corrected chi connectivity index (χ3v) is 7.09. The number of morpholine rings is 1. The summed E-state index contributed by atoms with van der Waals surface area (Å²) < 4.78 is 12.4. The Morgan fingerprint density at radius 2 is 1.84 bits per heavy atom. The smallest absolute Gasteiger partial charge is 0.323 e. The number of hydrogen-bond donors (Lipinski definition) is 3. The molecule has 2 heterocycles. The largest absolute Gasteiger partial charge is 0.492 e. The molecule has 0 atom stereocenters. The lowest BCUT2D eigenvalue weighted by Gasteiger charge is -2.26. The molecule has 1 aromatic heterocycles. The highest BCUT2D eigenvalue weighted by Crippen LogP contribution is 2.29. The molecule has 0 bridgehead atoms. The van der Waals surface area contributed by atoms with E-state index in [0.29, 0.717) is 29.5 Å². The monoisotopic (exact) mass is 537 g/mol. The number of thiazole rings is 1. The summed E-state index contributed by atoms with van der Waals surface area (Å²) in [6.07, 6.45) is 0. The molecule has 10 heteroatoms. The van der Waals surface area contributed by atoms with Gasteiger partial charge in [0.05, 0.1) is 23.4 Å². The molecule has 5 rings (SSSR count). The summed E-state index contributed by atoms with van der Waals surface area (Å²) >= 11 is 7.56. The summed E-state index contributed by atoms with van der Waals surface area (Å²) in [5.74, 6) is 0.860. The predicted octanol–water partition coefficient (Wildman–Crippen LogP) is 5.92. The van der Waals surface area contributed by atoms with Crippen LogP contribution in [0.4, 0.5) is 21.3 Å². The number of urea groups is 1. The first-order chi connectivity index (χ1) is 18.1. The first kappa shape index (κ1) is 25.3. The molecule has 0 saturated carbocycles. The molecule has 1 saturated heterocycles. The van der Waals surface area contributed by atoms with Crippen LogP contribution in [0.2, 0.25) is 5.02 Å². The van der Waals surface area contributed by atoms with Crippen LogP contribution < -0.4 is 20.7 Å². The number of benzene rings is 3. The van der Waals surface area contributed by atoms with Gasteiger partial charge >= 0.3 is 6.03 Å².